The second kappa shape index (κ2) is 19.1. The molecule has 0 fully saturated rings. The van der Waals surface area contributed by atoms with Crippen molar-refractivity contribution in [1.82, 2.24) is 0 Å². The highest BCUT2D eigenvalue weighted by molar-refractivity contribution is 7.06. The molecule has 0 amide bonds. The van der Waals surface area contributed by atoms with Crippen molar-refractivity contribution in [2.45, 2.75) is 26.2 Å². The zero-order valence-corrected chi connectivity index (χ0v) is 51.7. The van der Waals surface area contributed by atoms with Gasteiger partial charge >= 0.3 is 0 Å². The lowest BCUT2D eigenvalue weighted by Gasteiger charge is -2.39. The third-order valence-corrected chi connectivity index (χ3v) is 27.5. The molecule has 0 atom stereocenters. The summed E-state index contributed by atoms with van der Waals surface area (Å²) in [6, 6.07) is 111. The molecular formula is C86H60Si2. The number of fused-ring (bicyclic) bond motifs is 10. The van der Waals surface area contributed by atoms with E-state index in [1.807, 2.05) is 0 Å². The molecule has 0 N–H and O–H groups in total. The summed E-state index contributed by atoms with van der Waals surface area (Å²) >= 11 is 0. The molecule has 0 aliphatic carbocycles. The van der Waals surface area contributed by atoms with E-state index < -0.39 is 16.1 Å². The van der Waals surface area contributed by atoms with Gasteiger partial charge in [-0.2, -0.15) is 0 Å². The van der Waals surface area contributed by atoms with Gasteiger partial charge in [0.2, 0.25) is 0 Å². The van der Waals surface area contributed by atoms with Gasteiger partial charge in [-0.15, -0.1) is 0 Å². The number of hydrogen-bond donors (Lipinski definition) is 0. The fourth-order valence-corrected chi connectivity index (χ4v) is 22.6. The maximum atomic E-state index is 2.61. The van der Waals surface area contributed by atoms with E-state index in [2.05, 4.69) is 317 Å². The SMILES string of the molecule is C[Si]1(C)c2cc(-c3c4ccccc4c(-c4ccccc4-c4cccc5ccccc45)c4ccccc34)ccc2-c2ccc3c4c(ccc1c24)[Si](C)(C)c1cc(-c2c4ccccc4c(-c4ccccc4-c4cccc5ccccc45)c4ccccc24)ccc1-3. The summed E-state index contributed by atoms with van der Waals surface area (Å²) in [7, 11) is -4.64. The van der Waals surface area contributed by atoms with Crippen LogP contribution in [0.3, 0.4) is 0 Å². The van der Waals surface area contributed by atoms with Gasteiger partial charge in [-0.05, 0) is 185 Å². The number of rotatable bonds is 6. The molecule has 0 nitrogen and oxygen atoms in total. The van der Waals surface area contributed by atoms with Gasteiger partial charge in [-0.1, -0.05) is 317 Å². The van der Waals surface area contributed by atoms with Crippen LogP contribution in [0.15, 0.2) is 291 Å². The van der Waals surface area contributed by atoms with Crippen molar-refractivity contribution in [2.75, 3.05) is 0 Å². The van der Waals surface area contributed by atoms with Crippen LogP contribution in [0.2, 0.25) is 26.2 Å². The third-order valence-electron chi connectivity index (χ3n) is 20.5. The van der Waals surface area contributed by atoms with Crippen LogP contribution in [0.5, 0.6) is 0 Å². The first-order chi connectivity index (χ1) is 43.2. The molecule has 0 bridgehead atoms. The summed E-state index contributed by atoms with van der Waals surface area (Å²) in [6.45, 7) is 10.4. The Hall–Kier alpha value is -10.2. The van der Waals surface area contributed by atoms with Crippen molar-refractivity contribution in [1.29, 1.82) is 0 Å². The normalized spacial score (nSPS) is 13.6. The van der Waals surface area contributed by atoms with Gasteiger partial charge in [0.1, 0.15) is 16.1 Å². The van der Waals surface area contributed by atoms with Crippen molar-refractivity contribution in [3.63, 3.8) is 0 Å². The van der Waals surface area contributed by atoms with Gasteiger partial charge < -0.3 is 0 Å². The standard InChI is InChI=1S/C86H60Si2/c1-87(2)77-49-50-78-86-76(64-46-44-56(52-80(64)88(78,3)4)82-69-35-15-19-39-73(69)84(74-40-20-16-36-70(74)82)66-32-12-10-30-62(66)60-42-22-26-54-24-6-8-28-58(54)60)48-47-75(85(77)86)63-45-43-55(51-79(63)87)81-67-33-13-17-37-71(67)83(72-38-18-14-34-68(72)81)65-31-11-9-29-61(65)59-41-21-25-53-23-5-7-27-57(53)59/h5-52H,1-4H3. The van der Waals surface area contributed by atoms with Crippen LogP contribution in [-0.4, -0.2) is 16.1 Å². The van der Waals surface area contributed by atoms with Gasteiger partial charge in [0.05, 0.1) is 0 Å². The summed E-state index contributed by atoms with van der Waals surface area (Å²) < 4.78 is 0. The minimum absolute atomic E-state index is 1.25. The molecule has 16 aromatic rings. The lowest BCUT2D eigenvalue weighted by molar-refractivity contribution is 1.59. The first kappa shape index (κ1) is 51.0. The minimum atomic E-state index is -2.32. The highest BCUT2D eigenvalue weighted by Crippen LogP contribution is 2.51. The molecule has 0 aromatic heterocycles. The Morgan fingerprint density at radius 3 is 0.818 bits per heavy atom. The first-order valence-electron chi connectivity index (χ1n) is 31.2. The van der Waals surface area contributed by atoms with Crippen LogP contribution in [0.1, 0.15) is 0 Å². The molecule has 16 aromatic carbocycles. The first-order valence-corrected chi connectivity index (χ1v) is 37.2. The molecule has 0 spiro atoms. The van der Waals surface area contributed by atoms with Crippen molar-refractivity contribution in [2.24, 2.45) is 0 Å². The second-order valence-electron chi connectivity index (χ2n) is 25.7. The average Bonchev–Trinajstić information content (AvgIpc) is 0.703. The van der Waals surface area contributed by atoms with Gasteiger partial charge in [0.25, 0.3) is 0 Å². The zero-order chi connectivity index (χ0) is 58.6. The number of hydrogen-bond acceptors (Lipinski definition) is 0. The highest BCUT2D eigenvalue weighted by atomic mass is 28.3. The van der Waals surface area contributed by atoms with Crippen LogP contribution in [0.25, 0.3) is 164 Å². The smallest absolute Gasteiger partial charge is 0.0620 e. The molecule has 412 valence electrons. The van der Waals surface area contributed by atoms with Crippen molar-refractivity contribution < 1.29 is 0 Å². The molecule has 0 radical (unpaired) electrons. The Morgan fingerprint density at radius 1 is 0.182 bits per heavy atom. The van der Waals surface area contributed by atoms with Crippen LogP contribution in [0, 0.1) is 0 Å². The summed E-state index contributed by atoms with van der Waals surface area (Å²) in [5.41, 5.74) is 20.8. The lowest BCUT2D eigenvalue weighted by Crippen LogP contribution is -2.59. The van der Waals surface area contributed by atoms with E-state index in [1.54, 1.807) is 10.4 Å². The molecule has 0 saturated carbocycles. The molecule has 88 heavy (non-hydrogen) atoms. The zero-order valence-electron chi connectivity index (χ0n) is 49.7. The van der Waals surface area contributed by atoms with Gasteiger partial charge in [-0.3, -0.25) is 0 Å². The molecule has 2 heteroatoms. The molecule has 0 saturated heterocycles. The molecule has 18 rings (SSSR count). The predicted octanol–water partition coefficient (Wildman–Crippen LogP) is 21.4. The van der Waals surface area contributed by atoms with Crippen molar-refractivity contribution >= 4 is 112 Å². The Kier molecular flexibility index (Phi) is 11.1. The number of benzene rings is 16. The second-order valence-corrected chi connectivity index (χ2v) is 34.3. The Bertz CT molecular complexity index is 5220. The summed E-state index contributed by atoms with van der Waals surface area (Å²) in [5.74, 6) is 0. The summed E-state index contributed by atoms with van der Waals surface area (Å²) in [6.07, 6.45) is 0. The van der Waals surface area contributed by atoms with Crippen LogP contribution >= 0.6 is 0 Å². The quantitative estimate of drug-likeness (QED) is 0.115. The van der Waals surface area contributed by atoms with Crippen LogP contribution in [-0.2, 0) is 0 Å². The molecule has 2 heterocycles. The van der Waals surface area contributed by atoms with E-state index >= 15 is 0 Å². The fraction of sp³-hybridized carbons (Fsp3) is 0.0465. The predicted molar refractivity (Wildman–Crippen MR) is 386 cm³/mol. The lowest BCUT2D eigenvalue weighted by atomic mass is 9.83. The highest BCUT2D eigenvalue weighted by Gasteiger charge is 2.42. The topological polar surface area (TPSA) is 0 Å². The van der Waals surface area contributed by atoms with Gasteiger partial charge in [0, 0.05) is 0 Å². The molecule has 2 aliphatic heterocycles. The van der Waals surface area contributed by atoms with Gasteiger partial charge in [0.15, 0.2) is 0 Å². The fourth-order valence-electron chi connectivity index (χ4n) is 16.4. The van der Waals surface area contributed by atoms with Crippen molar-refractivity contribution in [3.05, 3.63) is 291 Å². The van der Waals surface area contributed by atoms with E-state index in [0.29, 0.717) is 0 Å². The maximum Gasteiger partial charge on any atom is 0.113 e. The molecule has 2 aliphatic rings. The van der Waals surface area contributed by atoms with E-state index in [1.165, 1.54) is 175 Å². The third kappa shape index (κ3) is 7.25. The monoisotopic (exact) mass is 1150 g/mol. The van der Waals surface area contributed by atoms with Crippen LogP contribution < -0.4 is 20.7 Å². The Labute approximate surface area is 515 Å². The largest absolute Gasteiger partial charge is 0.113 e. The van der Waals surface area contributed by atoms with Crippen molar-refractivity contribution in [3.8, 4) is 89.0 Å². The van der Waals surface area contributed by atoms with E-state index in [-0.39, 0.29) is 0 Å². The summed E-state index contributed by atoms with van der Waals surface area (Å²) in [5, 5.41) is 24.4. The van der Waals surface area contributed by atoms with E-state index in [0.717, 1.165) is 0 Å². The molecule has 0 unspecified atom stereocenters. The summed E-state index contributed by atoms with van der Waals surface area (Å²) in [4.78, 5) is 0. The minimum Gasteiger partial charge on any atom is -0.0620 e. The maximum absolute atomic E-state index is 2.61. The van der Waals surface area contributed by atoms with E-state index in [9.17, 15) is 0 Å². The van der Waals surface area contributed by atoms with E-state index in [4.69, 9.17) is 0 Å². The Morgan fingerprint density at radius 2 is 0.455 bits per heavy atom. The van der Waals surface area contributed by atoms with Gasteiger partial charge in [-0.25, -0.2) is 0 Å². The molecular weight excluding hydrogens is 1090 g/mol. The average molecular weight is 1150 g/mol. The van der Waals surface area contributed by atoms with Crippen LogP contribution in [0.4, 0.5) is 0 Å². The Balaban J connectivity index is 0.780.